The minimum absolute atomic E-state index is 0.242. The number of carbonyl (C=O) groups excluding carboxylic acids is 1. The van der Waals surface area contributed by atoms with Crippen LogP contribution in [0.5, 0.6) is 0 Å². The first-order chi connectivity index (χ1) is 8.58. The Balaban J connectivity index is 2.31. The fourth-order valence-electron chi connectivity index (χ4n) is 3.20. The predicted octanol–water partition coefficient (Wildman–Crippen LogP) is 4.27. The molecule has 0 aromatic carbocycles. The largest absolute Gasteiger partial charge is 0.356 e. The van der Waals surface area contributed by atoms with Crippen LogP contribution in [0, 0.1) is 11.3 Å². The van der Waals surface area contributed by atoms with Gasteiger partial charge in [0.25, 0.3) is 0 Å². The molecule has 0 unspecified atom stereocenters. The summed E-state index contributed by atoms with van der Waals surface area (Å²) in [7, 11) is 0. The van der Waals surface area contributed by atoms with Crippen LogP contribution in [0.15, 0.2) is 0 Å². The minimum Gasteiger partial charge on any atom is -0.356 e. The highest BCUT2D eigenvalue weighted by atomic mass is 79.9. The third kappa shape index (κ3) is 5.73. The number of hydrogen-bond acceptors (Lipinski definition) is 1. The second-order valence-corrected chi connectivity index (χ2v) is 7.02. The van der Waals surface area contributed by atoms with Gasteiger partial charge in [0.05, 0.1) is 0 Å². The molecule has 1 amide bonds. The van der Waals surface area contributed by atoms with Crippen LogP contribution in [0.2, 0.25) is 0 Å². The smallest absolute Gasteiger partial charge is 0.220 e. The predicted molar refractivity (Wildman–Crippen MR) is 81.0 cm³/mol. The van der Waals surface area contributed by atoms with Crippen LogP contribution in [0.3, 0.4) is 0 Å². The van der Waals surface area contributed by atoms with E-state index in [1.807, 2.05) is 0 Å². The number of hydrogen-bond donors (Lipinski definition) is 1. The Kier molecular flexibility index (Phi) is 7.28. The molecule has 0 saturated heterocycles. The lowest BCUT2D eigenvalue weighted by molar-refractivity contribution is -0.121. The van der Waals surface area contributed by atoms with Crippen LogP contribution >= 0.6 is 15.9 Å². The molecular formula is C15H28BrNO. The van der Waals surface area contributed by atoms with Gasteiger partial charge in [-0.05, 0) is 43.4 Å². The molecule has 0 bridgehead atoms. The van der Waals surface area contributed by atoms with Crippen molar-refractivity contribution in [3.8, 4) is 0 Å². The Labute approximate surface area is 120 Å². The molecule has 0 aromatic rings. The van der Waals surface area contributed by atoms with Crippen LogP contribution in [0.25, 0.3) is 0 Å². The van der Waals surface area contributed by atoms with Gasteiger partial charge < -0.3 is 5.32 Å². The van der Waals surface area contributed by atoms with E-state index in [4.69, 9.17) is 0 Å². The van der Waals surface area contributed by atoms with Gasteiger partial charge in [0.2, 0.25) is 5.91 Å². The molecule has 0 spiro atoms. The molecule has 1 rings (SSSR count). The monoisotopic (exact) mass is 317 g/mol. The number of nitrogens with one attached hydrogen (secondary N) is 1. The van der Waals surface area contributed by atoms with Gasteiger partial charge in [-0.15, -0.1) is 0 Å². The second kappa shape index (κ2) is 8.19. The molecule has 18 heavy (non-hydrogen) atoms. The van der Waals surface area contributed by atoms with Gasteiger partial charge in [-0.2, -0.15) is 0 Å². The third-order valence-electron chi connectivity index (χ3n) is 3.95. The molecule has 0 aliphatic heterocycles. The first-order valence-electron chi connectivity index (χ1n) is 7.41. The van der Waals surface area contributed by atoms with Crippen molar-refractivity contribution in [3.05, 3.63) is 0 Å². The summed E-state index contributed by atoms with van der Waals surface area (Å²) < 4.78 is 0. The summed E-state index contributed by atoms with van der Waals surface area (Å²) in [6, 6.07) is 0. The fourth-order valence-corrected chi connectivity index (χ4v) is 3.60. The number of carbonyl (C=O) groups is 1. The average molecular weight is 318 g/mol. The van der Waals surface area contributed by atoms with Crippen molar-refractivity contribution >= 4 is 21.8 Å². The Morgan fingerprint density at radius 1 is 1.28 bits per heavy atom. The van der Waals surface area contributed by atoms with Crippen LogP contribution in [0.4, 0.5) is 0 Å². The summed E-state index contributed by atoms with van der Waals surface area (Å²) in [6.07, 6.45) is 9.30. The van der Waals surface area contributed by atoms with E-state index in [2.05, 4.69) is 35.1 Å². The summed E-state index contributed by atoms with van der Waals surface area (Å²) >= 11 is 3.40. The van der Waals surface area contributed by atoms with E-state index in [1.54, 1.807) is 0 Å². The molecular weight excluding hydrogens is 290 g/mol. The topological polar surface area (TPSA) is 29.1 Å². The summed E-state index contributed by atoms with van der Waals surface area (Å²) in [5.41, 5.74) is 0.402. The summed E-state index contributed by atoms with van der Waals surface area (Å²) in [4.78, 5) is 11.8. The van der Waals surface area contributed by atoms with Gasteiger partial charge in [0, 0.05) is 18.3 Å². The van der Waals surface area contributed by atoms with Crippen molar-refractivity contribution in [1.29, 1.82) is 0 Å². The second-order valence-electron chi connectivity index (χ2n) is 6.23. The lowest BCUT2D eigenvalue weighted by Crippen LogP contribution is -2.36. The highest BCUT2D eigenvalue weighted by molar-refractivity contribution is 9.09. The first kappa shape index (κ1) is 16.0. The van der Waals surface area contributed by atoms with E-state index in [0.29, 0.717) is 11.8 Å². The average Bonchev–Trinajstić information content (AvgIpc) is 2.75. The molecule has 0 atom stereocenters. The van der Waals surface area contributed by atoms with Gasteiger partial charge in [0.1, 0.15) is 0 Å². The maximum absolute atomic E-state index is 11.8. The minimum atomic E-state index is 0.242. The van der Waals surface area contributed by atoms with Crippen molar-refractivity contribution in [2.45, 2.75) is 65.2 Å². The van der Waals surface area contributed by atoms with Crippen molar-refractivity contribution in [2.24, 2.45) is 11.3 Å². The van der Waals surface area contributed by atoms with Crippen molar-refractivity contribution in [2.75, 3.05) is 11.9 Å². The molecule has 2 nitrogen and oxygen atoms in total. The highest BCUT2D eigenvalue weighted by Gasteiger charge is 2.34. The molecule has 1 saturated carbocycles. The summed E-state index contributed by atoms with van der Waals surface area (Å²) in [5, 5.41) is 4.17. The van der Waals surface area contributed by atoms with E-state index in [0.717, 1.165) is 30.6 Å². The molecule has 1 aliphatic carbocycles. The molecule has 1 N–H and O–H groups in total. The van der Waals surface area contributed by atoms with Crippen molar-refractivity contribution < 1.29 is 4.79 Å². The van der Waals surface area contributed by atoms with Gasteiger partial charge in [-0.3, -0.25) is 4.79 Å². The molecule has 0 aromatic heterocycles. The summed E-state index contributed by atoms with van der Waals surface area (Å²) in [6.45, 7) is 5.48. The lowest BCUT2D eigenvalue weighted by atomic mass is 9.78. The Morgan fingerprint density at radius 3 is 2.50 bits per heavy atom. The number of rotatable bonds is 8. The van der Waals surface area contributed by atoms with Crippen LogP contribution < -0.4 is 5.32 Å². The normalized spacial score (nSPS) is 18.2. The molecule has 106 valence electrons. The van der Waals surface area contributed by atoms with Gasteiger partial charge in [-0.25, -0.2) is 0 Å². The zero-order valence-electron chi connectivity index (χ0n) is 11.9. The number of halogens is 1. The highest BCUT2D eigenvalue weighted by Crippen LogP contribution is 2.42. The van der Waals surface area contributed by atoms with Crippen LogP contribution in [0.1, 0.15) is 65.2 Å². The zero-order chi connectivity index (χ0) is 13.4. The lowest BCUT2D eigenvalue weighted by Gasteiger charge is -2.31. The van der Waals surface area contributed by atoms with E-state index < -0.39 is 0 Å². The summed E-state index contributed by atoms with van der Waals surface area (Å²) in [5.74, 6) is 0.972. The van der Waals surface area contributed by atoms with E-state index in [-0.39, 0.29) is 5.91 Å². The van der Waals surface area contributed by atoms with Gasteiger partial charge in [-0.1, -0.05) is 42.6 Å². The van der Waals surface area contributed by atoms with Crippen molar-refractivity contribution in [1.82, 2.24) is 5.32 Å². The Hall–Kier alpha value is -0.0500. The molecule has 1 fully saturated rings. The Bertz CT molecular complexity index is 247. The number of alkyl halides is 1. The molecule has 0 heterocycles. The van der Waals surface area contributed by atoms with Gasteiger partial charge >= 0.3 is 0 Å². The Morgan fingerprint density at radius 2 is 1.94 bits per heavy atom. The fraction of sp³-hybridized carbons (Fsp3) is 0.933. The van der Waals surface area contributed by atoms with E-state index in [9.17, 15) is 4.79 Å². The standard InChI is InChI=1S/C15H28BrNO/c1-13(2)11-15(8-4-5-9-15)12-17-14(18)7-3-6-10-16/h13H,3-12H2,1-2H3,(H,17,18). The SMILES string of the molecule is CC(C)CC1(CNC(=O)CCCCBr)CCCC1. The van der Waals surface area contributed by atoms with Crippen LogP contribution in [-0.4, -0.2) is 17.8 Å². The quantitative estimate of drug-likeness (QED) is 0.525. The van der Waals surface area contributed by atoms with Crippen molar-refractivity contribution in [3.63, 3.8) is 0 Å². The molecule has 0 radical (unpaired) electrons. The molecule has 1 aliphatic rings. The molecule has 3 heteroatoms. The van der Waals surface area contributed by atoms with Crippen LogP contribution in [-0.2, 0) is 4.79 Å². The number of unbranched alkanes of at least 4 members (excludes halogenated alkanes) is 1. The zero-order valence-corrected chi connectivity index (χ0v) is 13.5. The van der Waals surface area contributed by atoms with Gasteiger partial charge in [0.15, 0.2) is 0 Å². The third-order valence-corrected chi connectivity index (χ3v) is 4.51. The number of amides is 1. The van der Waals surface area contributed by atoms with E-state index in [1.165, 1.54) is 32.1 Å². The van der Waals surface area contributed by atoms with E-state index >= 15 is 0 Å². The maximum atomic E-state index is 11.8. The maximum Gasteiger partial charge on any atom is 0.220 e. The first-order valence-corrected chi connectivity index (χ1v) is 8.53.